The van der Waals surface area contributed by atoms with Gasteiger partial charge in [-0.2, -0.15) is 12.6 Å². The first-order chi connectivity index (χ1) is 7.27. The number of rotatable bonds is 4. The van der Waals surface area contributed by atoms with Gasteiger partial charge in [-0.25, -0.2) is 5.84 Å². The summed E-state index contributed by atoms with van der Waals surface area (Å²) in [6.07, 6.45) is 4.90. The van der Waals surface area contributed by atoms with Gasteiger partial charge < -0.3 is 0 Å². The molecule has 0 unspecified atom stereocenters. The molecule has 0 aliphatic rings. The van der Waals surface area contributed by atoms with Gasteiger partial charge in [0, 0.05) is 5.56 Å². The van der Waals surface area contributed by atoms with Gasteiger partial charge in [0.2, 0.25) is 0 Å². The third-order valence-corrected chi connectivity index (χ3v) is 2.14. The van der Waals surface area contributed by atoms with Gasteiger partial charge in [-0.1, -0.05) is 24.3 Å². The maximum atomic E-state index is 11.2. The number of nitrogens with one attached hydrogen (secondary N) is 1. The normalized spacial score (nSPS) is 10.5. The van der Waals surface area contributed by atoms with E-state index in [2.05, 4.69) is 18.1 Å². The third-order valence-electron chi connectivity index (χ3n) is 1.89. The molecule has 0 spiro atoms. The zero-order valence-corrected chi connectivity index (χ0v) is 9.21. The van der Waals surface area contributed by atoms with Crippen molar-refractivity contribution in [2.45, 2.75) is 6.42 Å². The van der Waals surface area contributed by atoms with Crippen molar-refractivity contribution in [1.82, 2.24) is 5.43 Å². The smallest absolute Gasteiger partial charge is 0.265 e. The van der Waals surface area contributed by atoms with Crippen molar-refractivity contribution in [3.63, 3.8) is 0 Å². The van der Waals surface area contributed by atoms with E-state index in [1.165, 1.54) is 0 Å². The largest absolute Gasteiger partial charge is 0.290 e. The molecule has 0 atom stereocenters. The van der Waals surface area contributed by atoms with Crippen molar-refractivity contribution in [2.24, 2.45) is 5.84 Å². The van der Waals surface area contributed by atoms with E-state index in [1.54, 1.807) is 12.1 Å². The fourth-order valence-corrected chi connectivity index (χ4v) is 1.31. The number of hydrogen-bond acceptors (Lipinski definition) is 3. The van der Waals surface area contributed by atoms with Crippen LogP contribution in [-0.4, -0.2) is 11.7 Å². The molecule has 0 bridgehead atoms. The summed E-state index contributed by atoms with van der Waals surface area (Å²) in [5.74, 6) is 5.59. The summed E-state index contributed by atoms with van der Waals surface area (Å²) in [5, 5.41) is 0. The summed E-state index contributed by atoms with van der Waals surface area (Å²) >= 11 is 4.10. The molecule has 0 saturated carbocycles. The number of hydrogen-bond donors (Lipinski definition) is 3. The van der Waals surface area contributed by atoms with Crippen LogP contribution in [0.15, 0.2) is 30.3 Å². The molecular weight excluding hydrogens is 208 g/mol. The molecule has 0 fully saturated rings. The lowest BCUT2D eigenvalue weighted by Gasteiger charge is -2.00. The zero-order chi connectivity index (χ0) is 11.1. The van der Waals surface area contributed by atoms with Crippen LogP contribution in [-0.2, 0) is 0 Å². The second kappa shape index (κ2) is 6.27. The highest BCUT2D eigenvalue weighted by Gasteiger charge is 2.01. The number of nitrogens with two attached hydrogens (primary N) is 1. The van der Waals surface area contributed by atoms with Crippen LogP contribution in [0.1, 0.15) is 22.3 Å². The first kappa shape index (κ1) is 11.8. The molecule has 0 aliphatic heterocycles. The van der Waals surface area contributed by atoms with Gasteiger partial charge >= 0.3 is 0 Å². The second-order valence-corrected chi connectivity index (χ2v) is 3.46. The Hall–Kier alpha value is -1.26. The van der Waals surface area contributed by atoms with Crippen LogP contribution in [0.25, 0.3) is 6.08 Å². The molecule has 80 valence electrons. The van der Waals surface area contributed by atoms with E-state index in [1.807, 2.05) is 24.3 Å². The van der Waals surface area contributed by atoms with Crippen LogP contribution in [0, 0.1) is 0 Å². The maximum Gasteiger partial charge on any atom is 0.265 e. The SMILES string of the molecule is NNC(=O)c1cccc(C=CCCS)c1. The van der Waals surface area contributed by atoms with Crippen molar-refractivity contribution < 1.29 is 4.79 Å². The number of amides is 1. The Morgan fingerprint density at radius 2 is 2.33 bits per heavy atom. The summed E-state index contributed by atoms with van der Waals surface area (Å²) in [4.78, 5) is 11.2. The van der Waals surface area contributed by atoms with Crippen LogP contribution in [0.3, 0.4) is 0 Å². The number of thiol groups is 1. The molecule has 1 aromatic carbocycles. The van der Waals surface area contributed by atoms with Crippen LogP contribution in [0.5, 0.6) is 0 Å². The summed E-state index contributed by atoms with van der Waals surface area (Å²) in [5.41, 5.74) is 3.65. The van der Waals surface area contributed by atoms with Crippen molar-refractivity contribution in [3.8, 4) is 0 Å². The Kier molecular flexibility index (Phi) is 4.93. The third kappa shape index (κ3) is 3.77. The lowest BCUT2D eigenvalue weighted by atomic mass is 10.1. The van der Waals surface area contributed by atoms with Gasteiger partial charge in [0.1, 0.15) is 0 Å². The molecule has 0 aromatic heterocycles. The van der Waals surface area contributed by atoms with E-state index in [-0.39, 0.29) is 5.91 Å². The quantitative estimate of drug-likeness (QED) is 0.314. The molecule has 1 amide bonds. The van der Waals surface area contributed by atoms with E-state index < -0.39 is 0 Å². The van der Waals surface area contributed by atoms with E-state index in [9.17, 15) is 4.79 Å². The predicted octanol–water partition coefficient (Wildman–Crippen LogP) is 1.62. The monoisotopic (exact) mass is 222 g/mol. The van der Waals surface area contributed by atoms with Gasteiger partial charge in [-0.15, -0.1) is 0 Å². The number of carbonyl (C=O) groups excluding carboxylic acids is 1. The summed E-state index contributed by atoms with van der Waals surface area (Å²) in [7, 11) is 0. The second-order valence-electron chi connectivity index (χ2n) is 3.01. The van der Waals surface area contributed by atoms with Gasteiger partial charge in [0.25, 0.3) is 5.91 Å². The van der Waals surface area contributed by atoms with E-state index in [0.29, 0.717) is 5.56 Å². The molecule has 0 saturated heterocycles. The molecular formula is C11H14N2OS. The zero-order valence-electron chi connectivity index (χ0n) is 8.31. The molecule has 15 heavy (non-hydrogen) atoms. The summed E-state index contributed by atoms with van der Waals surface area (Å²) in [6.45, 7) is 0. The molecule has 0 heterocycles. The average Bonchev–Trinajstić information content (AvgIpc) is 2.29. The minimum atomic E-state index is -0.278. The first-order valence-corrected chi connectivity index (χ1v) is 5.29. The minimum absolute atomic E-state index is 0.278. The van der Waals surface area contributed by atoms with E-state index in [4.69, 9.17) is 5.84 Å². The Morgan fingerprint density at radius 3 is 3.00 bits per heavy atom. The number of allylic oxidation sites excluding steroid dienone is 1. The molecule has 4 heteroatoms. The highest BCUT2D eigenvalue weighted by Crippen LogP contribution is 2.07. The van der Waals surface area contributed by atoms with Crippen molar-refractivity contribution >= 4 is 24.6 Å². The van der Waals surface area contributed by atoms with Crippen LogP contribution >= 0.6 is 12.6 Å². The number of carbonyl (C=O) groups is 1. The number of hydrazine groups is 1. The summed E-state index contributed by atoms with van der Waals surface area (Å²) < 4.78 is 0. The molecule has 0 aliphatic carbocycles. The van der Waals surface area contributed by atoms with Crippen molar-refractivity contribution in [2.75, 3.05) is 5.75 Å². The molecule has 1 rings (SSSR count). The van der Waals surface area contributed by atoms with Crippen LogP contribution in [0.2, 0.25) is 0 Å². The number of benzene rings is 1. The Balaban J connectivity index is 2.78. The van der Waals surface area contributed by atoms with E-state index in [0.717, 1.165) is 17.7 Å². The van der Waals surface area contributed by atoms with Crippen LogP contribution in [0.4, 0.5) is 0 Å². The highest BCUT2D eigenvalue weighted by molar-refractivity contribution is 7.80. The lowest BCUT2D eigenvalue weighted by Crippen LogP contribution is -2.29. The Bertz CT molecular complexity index is 363. The molecule has 3 nitrogen and oxygen atoms in total. The predicted molar refractivity (Wildman–Crippen MR) is 65.6 cm³/mol. The molecule has 0 radical (unpaired) electrons. The van der Waals surface area contributed by atoms with Crippen molar-refractivity contribution in [3.05, 3.63) is 41.5 Å². The Labute approximate surface area is 94.7 Å². The molecule has 1 aromatic rings. The molecule has 3 N–H and O–H groups in total. The van der Waals surface area contributed by atoms with Gasteiger partial charge in [-0.05, 0) is 29.9 Å². The summed E-state index contributed by atoms with van der Waals surface area (Å²) in [6, 6.07) is 7.27. The Morgan fingerprint density at radius 1 is 1.53 bits per heavy atom. The topological polar surface area (TPSA) is 55.1 Å². The van der Waals surface area contributed by atoms with E-state index >= 15 is 0 Å². The maximum absolute atomic E-state index is 11.2. The first-order valence-electron chi connectivity index (χ1n) is 4.66. The highest BCUT2D eigenvalue weighted by atomic mass is 32.1. The average molecular weight is 222 g/mol. The number of nitrogen functional groups attached to an aromatic ring is 1. The fourth-order valence-electron chi connectivity index (χ4n) is 1.16. The van der Waals surface area contributed by atoms with Crippen molar-refractivity contribution in [1.29, 1.82) is 0 Å². The van der Waals surface area contributed by atoms with Crippen LogP contribution < -0.4 is 11.3 Å². The van der Waals surface area contributed by atoms with Gasteiger partial charge in [0.05, 0.1) is 0 Å². The minimum Gasteiger partial charge on any atom is -0.290 e. The fraction of sp³-hybridized carbons (Fsp3) is 0.182. The lowest BCUT2D eigenvalue weighted by molar-refractivity contribution is 0.0953. The van der Waals surface area contributed by atoms with Gasteiger partial charge in [-0.3, -0.25) is 10.2 Å². The standard InChI is InChI=1S/C11H14N2OS/c12-13-11(14)10-6-3-5-9(8-10)4-1-2-7-15/h1,3-6,8,15H,2,7,12H2,(H,13,14). The van der Waals surface area contributed by atoms with Gasteiger partial charge in [0.15, 0.2) is 0 Å².